The highest BCUT2D eigenvalue weighted by atomic mass is 16.5. The lowest BCUT2D eigenvalue weighted by Crippen LogP contribution is -1.92. The second kappa shape index (κ2) is 6.43. The molecule has 3 aromatic rings. The van der Waals surface area contributed by atoms with Crippen LogP contribution in [-0.4, -0.2) is 22.4 Å². The van der Waals surface area contributed by atoms with Crippen molar-refractivity contribution in [2.45, 2.75) is 20.3 Å². The number of benzene rings is 2. The van der Waals surface area contributed by atoms with Gasteiger partial charge in [-0.2, -0.15) is 0 Å². The van der Waals surface area contributed by atoms with Crippen LogP contribution in [0.25, 0.3) is 22.3 Å². The summed E-state index contributed by atoms with van der Waals surface area (Å²) in [6.45, 7) is 3.98. The first kappa shape index (κ1) is 16.8. The number of ether oxygens (including phenoxy) is 1. The van der Waals surface area contributed by atoms with Crippen LogP contribution in [0, 0.1) is 0 Å². The number of phenols is 3. The molecule has 5 heteroatoms. The van der Waals surface area contributed by atoms with Gasteiger partial charge in [0.1, 0.15) is 34.3 Å². The van der Waals surface area contributed by atoms with E-state index >= 15 is 0 Å². The molecule has 0 unspecified atom stereocenters. The van der Waals surface area contributed by atoms with Crippen molar-refractivity contribution in [1.82, 2.24) is 0 Å². The summed E-state index contributed by atoms with van der Waals surface area (Å²) in [4.78, 5) is 0. The molecule has 0 saturated heterocycles. The maximum Gasteiger partial charge on any atom is 0.142 e. The SMILES string of the molecule is COc1cc2oc(-c3ccc(O)cc3O)cc2c(O)c1CC=C(C)C. The van der Waals surface area contributed by atoms with Crippen molar-refractivity contribution in [3.8, 4) is 34.3 Å². The molecule has 0 fully saturated rings. The quantitative estimate of drug-likeness (QED) is 0.598. The average molecular weight is 340 g/mol. The molecule has 3 N–H and O–H groups in total. The van der Waals surface area contributed by atoms with Crippen molar-refractivity contribution >= 4 is 11.0 Å². The summed E-state index contributed by atoms with van der Waals surface area (Å²) >= 11 is 0. The standard InChI is InChI=1S/C20H20O5/c1-11(2)4-6-14-17(24-3)10-19-15(20(14)23)9-18(25-19)13-7-5-12(21)8-16(13)22/h4-5,7-10,21-23H,6H2,1-3H3. The fraction of sp³-hybridized carbons (Fsp3) is 0.200. The number of hydrogen-bond donors (Lipinski definition) is 3. The predicted octanol–water partition coefficient (Wildman–Crippen LogP) is 4.73. The van der Waals surface area contributed by atoms with Gasteiger partial charge in [-0.25, -0.2) is 0 Å². The average Bonchev–Trinajstić information content (AvgIpc) is 2.97. The molecule has 5 nitrogen and oxygen atoms in total. The first-order chi connectivity index (χ1) is 11.9. The maximum atomic E-state index is 10.7. The van der Waals surface area contributed by atoms with E-state index in [0.29, 0.717) is 40.0 Å². The second-order valence-corrected chi connectivity index (χ2v) is 6.12. The zero-order valence-corrected chi connectivity index (χ0v) is 14.3. The highest BCUT2D eigenvalue weighted by Crippen LogP contribution is 2.42. The number of rotatable bonds is 4. The van der Waals surface area contributed by atoms with E-state index in [1.54, 1.807) is 25.3 Å². The topological polar surface area (TPSA) is 83.1 Å². The van der Waals surface area contributed by atoms with Gasteiger partial charge in [-0.15, -0.1) is 0 Å². The van der Waals surface area contributed by atoms with Crippen LogP contribution in [0.4, 0.5) is 0 Å². The minimum Gasteiger partial charge on any atom is -0.508 e. The summed E-state index contributed by atoms with van der Waals surface area (Å²) < 4.78 is 11.2. The van der Waals surface area contributed by atoms with Gasteiger partial charge in [0.25, 0.3) is 0 Å². The molecule has 2 aromatic carbocycles. The predicted molar refractivity (Wildman–Crippen MR) is 96.3 cm³/mol. The summed E-state index contributed by atoms with van der Waals surface area (Å²) in [6.07, 6.45) is 2.55. The number of aromatic hydroxyl groups is 3. The Morgan fingerprint density at radius 1 is 1.12 bits per heavy atom. The summed E-state index contributed by atoms with van der Waals surface area (Å²) in [5.41, 5.74) is 2.71. The van der Waals surface area contributed by atoms with Crippen molar-refractivity contribution in [2.75, 3.05) is 7.11 Å². The highest BCUT2D eigenvalue weighted by molar-refractivity contribution is 5.91. The van der Waals surface area contributed by atoms with Crippen molar-refractivity contribution in [2.24, 2.45) is 0 Å². The molecule has 0 bridgehead atoms. The van der Waals surface area contributed by atoms with E-state index in [1.165, 1.54) is 12.1 Å². The van der Waals surface area contributed by atoms with Gasteiger partial charge in [0.05, 0.1) is 18.1 Å². The van der Waals surface area contributed by atoms with Crippen molar-refractivity contribution in [3.63, 3.8) is 0 Å². The van der Waals surface area contributed by atoms with E-state index < -0.39 is 0 Å². The van der Waals surface area contributed by atoms with Crippen LogP contribution in [0.5, 0.6) is 23.0 Å². The molecule has 25 heavy (non-hydrogen) atoms. The Hall–Kier alpha value is -3.08. The van der Waals surface area contributed by atoms with Gasteiger partial charge < -0.3 is 24.5 Å². The number of hydrogen-bond acceptors (Lipinski definition) is 5. The molecule has 0 atom stereocenters. The van der Waals surface area contributed by atoms with E-state index in [0.717, 1.165) is 5.57 Å². The summed E-state index contributed by atoms with van der Waals surface area (Å²) in [5.74, 6) is 0.892. The molecule has 130 valence electrons. The molecule has 1 aromatic heterocycles. The van der Waals surface area contributed by atoms with Crippen molar-refractivity contribution < 1.29 is 24.5 Å². The Kier molecular flexibility index (Phi) is 4.31. The van der Waals surface area contributed by atoms with Crippen LogP contribution in [0.15, 0.2) is 46.4 Å². The van der Waals surface area contributed by atoms with E-state index in [2.05, 4.69) is 0 Å². The van der Waals surface area contributed by atoms with E-state index in [4.69, 9.17) is 9.15 Å². The molecular formula is C20H20O5. The van der Waals surface area contributed by atoms with E-state index in [9.17, 15) is 15.3 Å². The van der Waals surface area contributed by atoms with Crippen LogP contribution in [-0.2, 0) is 6.42 Å². The molecule has 0 amide bonds. The lowest BCUT2D eigenvalue weighted by atomic mass is 10.0. The third kappa shape index (κ3) is 3.13. The fourth-order valence-corrected chi connectivity index (χ4v) is 2.73. The highest BCUT2D eigenvalue weighted by Gasteiger charge is 2.18. The Balaban J connectivity index is 2.17. The van der Waals surface area contributed by atoms with Gasteiger partial charge in [-0.3, -0.25) is 0 Å². The Labute approximate surface area is 145 Å². The largest absolute Gasteiger partial charge is 0.508 e. The first-order valence-corrected chi connectivity index (χ1v) is 7.88. The van der Waals surface area contributed by atoms with Crippen LogP contribution in [0.2, 0.25) is 0 Å². The van der Waals surface area contributed by atoms with Gasteiger partial charge in [0.2, 0.25) is 0 Å². The van der Waals surface area contributed by atoms with Crippen molar-refractivity contribution in [1.29, 1.82) is 0 Å². The lowest BCUT2D eigenvalue weighted by molar-refractivity contribution is 0.402. The lowest BCUT2D eigenvalue weighted by Gasteiger charge is -2.09. The van der Waals surface area contributed by atoms with Crippen molar-refractivity contribution in [3.05, 3.63) is 47.5 Å². The zero-order chi connectivity index (χ0) is 18.1. The van der Waals surface area contributed by atoms with E-state index in [-0.39, 0.29) is 17.2 Å². The zero-order valence-electron chi connectivity index (χ0n) is 14.3. The summed E-state index contributed by atoms with van der Waals surface area (Å²) in [7, 11) is 1.54. The van der Waals surface area contributed by atoms with Gasteiger partial charge in [0, 0.05) is 17.7 Å². The molecule has 0 aliphatic heterocycles. The molecule has 0 radical (unpaired) electrons. The fourth-order valence-electron chi connectivity index (χ4n) is 2.73. The maximum absolute atomic E-state index is 10.7. The van der Waals surface area contributed by atoms with Crippen LogP contribution >= 0.6 is 0 Å². The Morgan fingerprint density at radius 2 is 1.88 bits per heavy atom. The van der Waals surface area contributed by atoms with Gasteiger partial charge in [-0.1, -0.05) is 11.6 Å². The second-order valence-electron chi connectivity index (χ2n) is 6.12. The summed E-state index contributed by atoms with van der Waals surface area (Å²) in [5, 5.41) is 30.7. The minimum absolute atomic E-state index is 0.0362. The molecule has 3 rings (SSSR count). The molecule has 0 aliphatic carbocycles. The molecular weight excluding hydrogens is 320 g/mol. The third-order valence-electron chi connectivity index (χ3n) is 4.04. The van der Waals surface area contributed by atoms with Gasteiger partial charge in [0.15, 0.2) is 0 Å². The molecule has 1 heterocycles. The van der Waals surface area contributed by atoms with Gasteiger partial charge >= 0.3 is 0 Å². The third-order valence-corrected chi connectivity index (χ3v) is 4.04. The minimum atomic E-state index is -0.102. The monoisotopic (exact) mass is 340 g/mol. The molecule has 0 aliphatic rings. The number of methoxy groups -OCH3 is 1. The van der Waals surface area contributed by atoms with Crippen LogP contribution in [0.1, 0.15) is 19.4 Å². The Morgan fingerprint density at radius 3 is 2.52 bits per heavy atom. The van der Waals surface area contributed by atoms with Gasteiger partial charge in [-0.05, 0) is 38.5 Å². The number of phenolic OH excluding ortho intramolecular Hbond substituents is 3. The summed E-state index contributed by atoms with van der Waals surface area (Å²) in [6, 6.07) is 7.65. The smallest absolute Gasteiger partial charge is 0.142 e. The number of furan rings is 1. The Bertz CT molecular complexity index is 962. The number of allylic oxidation sites excluding steroid dienone is 2. The molecule has 0 spiro atoms. The van der Waals surface area contributed by atoms with E-state index in [1.807, 2.05) is 19.9 Å². The van der Waals surface area contributed by atoms with Crippen LogP contribution in [0.3, 0.4) is 0 Å². The first-order valence-electron chi connectivity index (χ1n) is 7.88. The normalized spacial score (nSPS) is 10.8. The van der Waals surface area contributed by atoms with Crippen LogP contribution < -0.4 is 4.74 Å². The number of fused-ring (bicyclic) bond motifs is 1. The molecule has 0 saturated carbocycles.